The van der Waals surface area contributed by atoms with E-state index in [1.807, 2.05) is 19.1 Å². The molecule has 2 heteroatoms. The molecule has 0 aliphatic carbocycles. The third kappa shape index (κ3) is 4.01. The highest BCUT2D eigenvalue weighted by Gasteiger charge is 1.88. The van der Waals surface area contributed by atoms with Crippen molar-refractivity contribution in [1.82, 2.24) is 0 Å². The van der Waals surface area contributed by atoms with Crippen molar-refractivity contribution < 1.29 is 0 Å². The van der Waals surface area contributed by atoms with Crippen molar-refractivity contribution in [3.8, 4) is 0 Å². The van der Waals surface area contributed by atoms with Crippen molar-refractivity contribution >= 4 is 12.1 Å². The minimum atomic E-state index is 0.958. The average molecular weight is 138 g/mol. The Labute approximate surface area is 62.2 Å². The Morgan fingerprint density at radius 2 is 2.30 bits per heavy atom. The zero-order chi connectivity index (χ0) is 7.82. The normalized spacial score (nSPS) is 12.4. The summed E-state index contributed by atoms with van der Waals surface area (Å²) < 4.78 is 0. The molecule has 0 heterocycles. The highest BCUT2D eigenvalue weighted by Crippen LogP contribution is 1.93. The van der Waals surface area contributed by atoms with Gasteiger partial charge in [-0.15, -0.1) is 0 Å². The molecule has 0 saturated heterocycles. The molecule has 10 heavy (non-hydrogen) atoms. The molecule has 0 aromatic heterocycles. The number of allylic oxidation sites excluding steroid dienone is 2. The van der Waals surface area contributed by atoms with E-state index in [1.54, 1.807) is 0 Å². The minimum Gasteiger partial charge on any atom is -0.290 e. The van der Waals surface area contributed by atoms with Gasteiger partial charge in [-0.3, -0.25) is 5.41 Å². The maximum atomic E-state index is 6.74. The molecule has 0 aromatic carbocycles. The average Bonchev–Trinajstić information content (AvgIpc) is 1.90. The van der Waals surface area contributed by atoms with Gasteiger partial charge >= 0.3 is 0 Å². The molecule has 2 nitrogen and oxygen atoms in total. The summed E-state index contributed by atoms with van der Waals surface area (Å²) in [7, 11) is 0. The lowest BCUT2D eigenvalue weighted by Crippen LogP contribution is -1.91. The third-order valence-electron chi connectivity index (χ3n) is 1.10. The van der Waals surface area contributed by atoms with Gasteiger partial charge in [0, 0.05) is 5.71 Å². The summed E-state index contributed by atoms with van der Waals surface area (Å²) in [5, 5.41) is 6.74. The van der Waals surface area contributed by atoms with Crippen molar-refractivity contribution in [3.63, 3.8) is 0 Å². The second kappa shape index (κ2) is 6.20. The summed E-state index contributed by atoms with van der Waals surface area (Å²) in [6.45, 7) is 4.05. The number of rotatable bonds is 4. The molecular weight excluding hydrogens is 124 g/mol. The Morgan fingerprint density at radius 3 is 2.70 bits per heavy atom. The highest BCUT2D eigenvalue weighted by atomic mass is 14.8. The molecule has 0 unspecified atom stereocenters. The van der Waals surface area contributed by atoms with Crippen LogP contribution in [0.25, 0.3) is 0 Å². The number of nitrogens with zero attached hydrogens (tertiary/aromatic N) is 1. The van der Waals surface area contributed by atoms with Gasteiger partial charge in [0.25, 0.3) is 0 Å². The lowest BCUT2D eigenvalue weighted by atomic mass is 10.2. The molecule has 0 bridgehead atoms. The van der Waals surface area contributed by atoms with Gasteiger partial charge in [0.05, 0.1) is 0 Å². The largest absolute Gasteiger partial charge is 0.290 e. The van der Waals surface area contributed by atoms with Crippen LogP contribution in [0.2, 0.25) is 0 Å². The van der Waals surface area contributed by atoms with Crippen LogP contribution in [0, 0.1) is 5.41 Å². The Bertz CT molecular complexity index is 145. The van der Waals surface area contributed by atoms with Crippen LogP contribution in [0.4, 0.5) is 0 Å². The monoisotopic (exact) mass is 138 g/mol. The molecule has 0 saturated carbocycles. The van der Waals surface area contributed by atoms with Gasteiger partial charge in [-0.05, 0) is 19.4 Å². The first-order chi connectivity index (χ1) is 4.85. The first-order valence-electron chi connectivity index (χ1n) is 3.53. The van der Waals surface area contributed by atoms with Gasteiger partial charge in [-0.1, -0.05) is 19.4 Å². The SMILES string of the molecule is C/C=C\C(CCC)=N/C=N. The van der Waals surface area contributed by atoms with Crippen molar-refractivity contribution in [2.75, 3.05) is 0 Å². The molecule has 56 valence electrons. The maximum Gasteiger partial charge on any atom is 0.107 e. The maximum absolute atomic E-state index is 6.74. The van der Waals surface area contributed by atoms with Crippen LogP contribution in [-0.4, -0.2) is 12.1 Å². The van der Waals surface area contributed by atoms with Gasteiger partial charge in [-0.25, -0.2) is 4.99 Å². The Hall–Kier alpha value is -0.920. The molecule has 0 spiro atoms. The van der Waals surface area contributed by atoms with E-state index in [2.05, 4.69) is 11.9 Å². The fourth-order valence-corrected chi connectivity index (χ4v) is 0.722. The van der Waals surface area contributed by atoms with Gasteiger partial charge in [0.2, 0.25) is 0 Å². The fraction of sp³-hybridized carbons (Fsp3) is 0.500. The zero-order valence-electron chi connectivity index (χ0n) is 6.59. The summed E-state index contributed by atoms with van der Waals surface area (Å²) in [4.78, 5) is 3.88. The number of hydrogen-bond donors (Lipinski definition) is 1. The van der Waals surface area contributed by atoms with Gasteiger partial charge in [-0.2, -0.15) is 0 Å². The lowest BCUT2D eigenvalue weighted by Gasteiger charge is -1.93. The van der Waals surface area contributed by atoms with Crippen LogP contribution in [0.3, 0.4) is 0 Å². The van der Waals surface area contributed by atoms with E-state index in [4.69, 9.17) is 5.41 Å². The fourth-order valence-electron chi connectivity index (χ4n) is 0.722. The van der Waals surface area contributed by atoms with Crippen LogP contribution in [0.15, 0.2) is 17.1 Å². The number of hydrogen-bond acceptors (Lipinski definition) is 1. The first kappa shape index (κ1) is 9.08. The van der Waals surface area contributed by atoms with E-state index in [1.165, 1.54) is 0 Å². The molecule has 0 aliphatic rings. The summed E-state index contributed by atoms with van der Waals surface area (Å²) in [5.41, 5.74) is 0.986. The van der Waals surface area contributed by atoms with Crippen LogP contribution in [0.5, 0.6) is 0 Å². The van der Waals surface area contributed by atoms with Crippen LogP contribution >= 0.6 is 0 Å². The van der Waals surface area contributed by atoms with Gasteiger partial charge < -0.3 is 0 Å². The van der Waals surface area contributed by atoms with E-state index in [0.717, 1.165) is 24.9 Å². The molecule has 0 amide bonds. The molecule has 0 radical (unpaired) electrons. The minimum absolute atomic E-state index is 0.958. The third-order valence-corrected chi connectivity index (χ3v) is 1.10. The van der Waals surface area contributed by atoms with Gasteiger partial charge in [0.15, 0.2) is 0 Å². The van der Waals surface area contributed by atoms with Gasteiger partial charge in [0.1, 0.15) is 6.34 Å². The van der Waals surface area contributed by atoms with E-state index < -0.39 is 0 Å². The second-order valence-electron chi connectivity index (χ2n) is 2.00. The standard InChI is InChI=1S/C8H14N2/c1-3-5-8(6-4-2)10-7-9/h3,5,7,9H,4,6H2,1-2H3/b5-3-,9-7?,10-8+. The van der Waals surface area contributed by atoms with E-state index >= 15 is 0 Å². The van der Waals surface area contributed by atoms with E-state index in [9.17, 15) is 0 Å². The Morgan fingerprint density at radius 1 is 1.60 bits per heavy atom. The molecule has 0 atom stereocenters. The number of nitrogens with one attached hydrogen (secondary N) is 1. The van der Waals surface area contributed by atoms with Crippen LogP contribution in [0.1, 0.15) is 26.7 Å². The summed E-state index contributed by atoms with van der Waals surface area (Å²) in [5.74, 6) is 0. The van der Waals surface area contributed by atoms with Crippen molar-refractivity contribution in [3.05, 3.63) is 12.2 Å². The smallest absolute Gasteiger partial charge is 0.107 e. The summed E-state index contributed by atoms with van der Waals surface area (Å²) in [6, 6.07) is 0. The summed E-state index contributed by atoms with van der Waals surface area (Å²) in [6.07, 6.45) is 7.01. The van der Waals surface area contributed by atoms with Crippen molar-refractivity contribution in [2.24, 2.45) is 4.99 Å². The Balaban J connectivity index is 3.96. The van der Waals surface area contributed by atoms with Crippen molar-refractivity contribution in [1.29, 1.82) is 5.41 Å². The quantitative estimate of drug-likeness (QED) is 0.457. The van der Waals surface area contributed by atoms with E-state index in [-0.39, 0.29) is 0 Å². The highest BCUT2D eigenvalue weighted by molar-refractivity contribution is 5.98. The molecule has 0 aliphatic heterocycles. The second-order valence-corrected chi connectivity index (χ2v) is 2.00. The molecular formula is C8H14N2. The van der Waals surface area contributed by atoms with Crippen LogP contribution in [-0.2, 0) is 0 Å². The number of aliphatic imine (C=N–C) groups is 1. The Kier molecular flexibility index (Phi) is 5.63. The predicted molar refractivity (Wildman–Crippen MR) is 45.9 cm³/mol. The molecule has 0 rings (SSSR count). The molecule has 0 fully saturated rings. The lowest BCUT2D eigenvalue weighted by molar-refractivity contribution is 0.997. The molecule has 0 aromatic rings. The summed E-state index contributed by atoms with van der Waals surface area (Å²) >= 11 is 0. The predicted octanol–water partition coefficient (Wildman–Crippen LogP) is 2.41. The van der Waals surface area contributed by atoms with Crippen LogP contribution < -0.4 is 0 Å². The first-order valence-corrected chi connectivity index (χ1v) is 3.53. The van der Waals surface area contributed by atoms with Crippen molar-refractivity contribution in [2.45, 2.75) is 26.7 Å². The topological polar surface area (TPSA) is 36.2 Å². The van der Waals surface area contributed by atoms with E-state index in [0.29, 0.717) is 0 Å². The molecule has 1 N–H and O–H groups in total. The zero-order valence-corrected chi connectivity index (χ0v) is 6.59.